The van der Waals surface area contributed by atoms with Gasteiger partial charge in [-0.1, -0.05) is 13.8 Å². The van der Waals surface area contributed by atoms with Crippen molar-refractivity contribution in [2.24, 2.45) is 11.8 Å². The number of anilines is 2. The maximum Gasteiger partial charge on any atom is 0.149 e. The summed E-state index contributed by atoms with van der Waals surface area (Å²) in [5.41, 5.74) is 1.13. The number of rotatable bonds is 2. The molecule has 82 valence electrons. The molecule has 3 heteroatoms. The Morgan fingerprint density at radius 1 is 1.40 bits per heavy atom. The molecular weight excluding hydrogens is 186 g/mol. The lowest BCUT2D eigenvalue weighted by atomic mass is 9.97. The topological polar surface area (TPSA) is 37.0 Å². The van der Waals surface area contributed by atoms with Crippen molar-refractivity contribution in [3.63, 3.8) is 0 Å². The summed E-state index contributed by atoms with van der Waals surface area (Å²) in [5.74, 6) is 2.44. The van der Waals surface area contributed by atoms with E-state index in [1.807, 2.05) is 12.3 Å². The minimum atomic E-state index is 0.694. The highest BCUT2D eigenvalue weighted by molar-refractivity contribution is 5.64. The summed E-state index contributed by atoms with van der Waals surface area (Å²) in [6, 6.07) is 4.05. The van der Waals surface area contributed by atoms with Gasteiger partial charge < -0.3 is 10.6 Å². The molecule has 2 N–H and O–H groups in total. The first-order chi connectivity index (χ1) is 7.25. The molecule has 1 atom stereocenters. The van der Waals surface area contributed by atoms with Crippen LogP contribution >= 0.6 is 0 Å². The number of pyridine rings is 1. The van der Waals surface area contributed by atoms with Crippen molar-refractivity contribution in [3.05, 3.63) is 18.3 Å². The molecule has 1 aromatic heterocycles. The Morgan fingerprint density at radius 2 is 2.20 bits per heavy atom. The smallest absolute Gasteiger partial charge is 0.149 e. The Labute approximate surface area is 91.3 Å². The van der Waals surface area contributed by atoms with Gasteiger partial charge in [0.05, 0.1) is 5.69 Å². The van der Waals surface area contributed by atoms with E-state index in [2.05, 4.69) is 35.5 Å². The van der Waals surface area contributed by atoms with Crippen molar-refractivity contribution in [1.29, 1.82) is 0 Å². The SMILES string of the molecule is CC(C)CC1CNc2cccnc2NC1. The van der Waals surface area contributed by atoms with E-state index in [1.54, 1.807) is 0 Å². The minimum absolute atomic E-state index is 0.694. The molecule has 2 rings (SSSR count). The number of nitrogens with zero attached hydrogens (tertiary/aromatic N) is 1. The first kappa shape index (κ1) is 10.3. The van der Waals surface area contributed by atoms with Crippen LogP contribution in [0.2, 0.25) is 0 Å². The number of fused-ring (bicyclic) bond motifs is 1. The predicted molar refractivity (Wildman–Crippen MR) is 64.2 cm³/mol. The van der Waals surface area contributed by atoms with Gasteiger partial charge in [-0.05, 0) is 30.4 Å². The quantitative estimate of drug-likeness (QED) is 0.779. The maximum atomic E-state index is 4.32. The lowest BCUT2D eigenvalue weighted by molar-refractivity contribution is 0.444. The molecule has 0 fully saturated rings. The fraction of sp³-hybridized carbons (Fsp3) is 0.583. The molecule has 2 heterocycles. The Morgan fingerprint density at radius 3 is 3.00 bits per heavy atom. The summed E-state index contributed by atoms with van der Waals surface area (Å²) in [6.45, 7) is 6.62. The van der Waals surface area contributed by atoms with Gasteiger partial charge in [-0.15, -0.1) is 0 Å². The van der Waals surface area contributed by atoms with E-state index >= 15 is 0 Å². The van der Waals surface area contributed by atoms with Gasteiger partial charge in [0.2, 0.25) is 0 Å². The number of hydrogen-bond acceptors (Lipinski definition) is 3. The van der Waals surface area contributed by atoms with Crippen LogP contribution in [0.25, 0.3) is 0 Å². The zero-order valence-electron chi connectivity index (χ0n) is 9.46. The molecule has 0 spiro atoms. The van der Waals surface area contributed by atoms with Crippen molar-refractivity contribution < 1.29 is 0 Å². The van der Waals surface area contributed by atoms with Crippen molar-refractivity contribution in [2.45, 2.75) is 20.3 Å². The molecule has 15 heavy (non-hydrogen) atoms. The van der Waals surface area contributed by atoms with E-state index in [-0.39, 0.29) is 0 Å². The summed E-state index contributed by atoms with van der Waals surface area (Å²) in [5, 5.41) is 6.86. The monoisotopic (exact) mass is 205 g/mol. The highest BCUT2D eigenvalue weighted by atomic mass is 15.1. The van der Waals surface area contributed by atoms with E-state index in [4.69, 9.17) is 0 Å². The third-order valence-corrected chi connectivity index (χ3v) is 2.75. The van der Waals surface area contributed by atoms with Crippen molar-refractivity contribution in [3.8, 4) is 0 Å². The van der Waals surface area contributed by atoms with Gasteiger partial charge in [0.1, 0.15) is 5.82 Å². The molecule has 1 unspecified atom stereocenters. The van der Waals surface area contributed by atoms with Crippen LogP contribution in [-0.2, 0) is 0 Å². The Hall–Kier alpha value is -1.25. The Bertz CT molecular complexity index is 295. The Kier molecular flexibility index (Phi) is 3.09. The van der Waals surface area contributed by atoms with Crippen LogP contribution in [-0.4, -0.2) is 18.1 Å². The highest BCUT2D eigenvalue weighted by Gasteiger charge is 2.16. The molecule has 0 radical (unpaired) electrons. The first-order valence-electron chi connectivity index (χ1n) is 5.68. The predicted octanol–water partition coefficient (Wildman–Crippen LogP) is 2.58. The molecule has 0 saturated carbocycles. The van der Waals surface area contributed by atoms with E-state index in [0.717, 1.165) is 30.5 Å². The van der Waals surface area contributed by atoms with Crippen LogP contribution in [0.5, 0.6) is 0 Å². The minimum Gasteiger partial charge on any atom is -0.382 e. The van der Waals surface area contributed by atoms with Crippen LogP contribution in [0.1, 0.15) is 20.3 Å². The molecule has 1 aromatic rings. The largest absolute Gasteiger partial charge is 0.382 e. The average Bonchev–Trinajstić information content (AvgIpc) is 2.41. The van der Waals surface area contributed by atoms with Crippen molar-refractivity contribution in [2.75, 3.05) is 23.7 Å². The third-order valence-electron chi connectivity index (χ3n) is 2.75. The summed E-state index contributed by atoms with van der Waals surface area (Å²) in [7, 11) is 0. The number of aromatic nitrogens is 1. The summed E-state index contributed by atoms with van der Waals surface area (Å²) in [4.78, 5) is 4.32. The zero-order chi connectivity index (χ0) is 10.7. The fourth-order valence-corrected chi connectivity index (χ4v) is 2.09. The Balaban J connectivity index is 2.02. The van der Waals surface area contributed by atoms with Gasteiger partial charge in [0, 0.05) is 19.3 Å². The van der Waals surface area contributed by atoms with Gasteiger partial charge in [-0.25, -0.2) is 4.98 Å². The summed E-state index contributed by atoms with van der Waals surface area (Å²) in [6.07, 6.45) is 3.09. The van der Waals surface area contributed by atoms with Gasteiger partial charge >= 0.3 is 0 Å². The van der Waals surface area contributed by atoms with E-state index < -0.39 is 0 Å². The second-order valence-electron chi connectivity index (χ2n) is 4.66. The molecule has 1 aliphatic rings. The number of hydrogen-bond donors (Lipinski definition) is 2. The molecule has 0 amide bonds. The van der Waals surface area contributed by atoms with Crippen LogP contribution < -0.4 is 10.6 Å². The van der Waals surface area contributed by atoms with Crippen LogP contribution in [0.3, 0.4) is 0 Å². The maximum absolute atomic E-state index is 4.32. The lowest BCUT2D eigenvalue weighted by Gasteiger charge is -2.16. The zero-order valence-corrected chi connectivity index (χ0v) is 9.46. The molecule has 3 nitrogen and oxygen atoms in total. The van der Waals surface area contributed by atoms with Crippen LogP contribution in [0, 0.1) is 11.8 Å². The third kappa shape index (κ3) is 2.61. The normalized spacial score (nSPS) is 20.1. The van der Waals surface area contributed by atoms with Gasteiger partial charge in [0.15, 0.2) is 0 Å². The second-order valence-corrected chi connectivity index (χ2v) is 4.66. The average molecular weight is 205 g/mol. The highest BCUT2D eigenvalue weighted by Crippen LogP contribution is 2.23. The molecule has 0 aromatic carbocycles. The van der Waals surface area contributed by atoms with Crippen LogP contribution in [0.4, 0.5) is 11.5 Å². The summed E-state index contributed by atoms with van der Waals surface area (Å²) < 4.78 is 0. The van der Waals surface area contributed by atoms with Gasteiger partial charge in [-0.2, -0.15) is 0 Å². The molecule has 0 aliphatic carbocycles. The fourth-order valence-electron chi connectivity index (χ4n) is 2.09. The van der Waals surface area contributed by atoms with E-state index in [1.165, 1.54) is 6.42 Å². The lowest BCUT2D eigenvalue weighted by Crippen LogP contribution is -2.20. The van der Waals surface area contributed by atoms with Crippen molar-refractivity contribution in [1.82, 2.24) is 4.98 Å². The first-order valence-corrected chi connectivity index (χ1v) is 5.68. The standard InChI is InChI=1S/C12H19N3/c1-9(2)6-10-7-14-11-4-3-5-13-12(11)15-8-10/h3-5,9-10,14H,6-8H2,1-2H3,(H,13,15). The van der Waals surface area contributed by atoms with Crippen molar-refractivity contribution >= 4 is 11.5 Å². The van der Waals surface area contributed by atoms with Gasteiger partial charge in [-0.3, -0.25) is 0 Å². The molecule has 0 saturated heterocycles. The number of nitrogens with one attached hydrogen (secondary N) is 2. The summed E-state index contributed by atoms with van der Waals surface area (Å²) >= 11 is 0. The van der Waals surface area contributed by atoms with Gasteiger partial charge in [0.25, 0.3) is 0 Å². The molecule has 0 bridgehead atoms. The van der Waals surface area contributed by atoms with E-state index in [9.17, 15) is 0 Å². The second kappa shape index (κ2) is 4.51. The van der Waals surface area contributed by atoms with Crippen LogP contribution in [0.15, 0.2) is 18.3 Å². The molecule has 1 aliphatic heterocycles. The molecular formula is C12H19N3. The van der Waals surface area contributed by atoms with E-state index in [0.29, 0.717) is 5.92 Å².